The number of likely N-dealkylation sites (tertiary alicyclic amines) is 1. The molecule has 4 aromatic rings. The molecule has 5 rings (SSSR count). The van der Waals surface area contributed by atoms with Crippen LogP contribution in [-0.2, 0) is 11.3 Å². The molecule has 6 nitrogen and oxygen atoms in total. The molecule has 1 unspecified atom stereocenters. The van der Waals surface area contributed by atoms with Crippen LogP contribution in [0.4, 0.5) is 0 Å². The Bertz CT molecular complexity index is 1300. The van der Waals surface area contributed by atoms with Gasteiger partial charge in [0.05, 0.1) is 11.3 Å². The van der Waals surface area contributed by atoms with Gasteiger partial charge in [0.1, 0.15) is 0 Å². The van der Waals surface area contributed by atoms with Crippen LogP contribution in [0.1, 0.15) is 18.4 Å². The van der Waals surface area contributed by atoms with Crippen molar-refractivity contribution in [3.8, 4) is 11.3 Å². The maximum atomic E-state index is 12.6. The lowest BCUT2D eigenvalue weighted by Crippen LogP contribution is -2.37. The van der Waals surface area contributed by atoms with E-state index in [0.717, 1.165) is 47.0 Å². The first kappa shape index (κ1) is 18.6. The maximum Gasteiger partial charge on any atom is 0.257 e. The van der Waals surface area contributed by atoms with Gasteiger partial charge in [-0.2, -0.15) is 0 Å². The predicted molar refractivity (Wildman–Crippen MR) is 119 cm³/mol. The first-order valence-corrected chi connectivity index (χ1v) is 10.3. The van der Waals surface area contributed by atoms with Gasteiger partial charge >= 0.3 is 0 Å². The minimum atomic E-state index is -0.0997. The molecule has 1 atom stereocenters. The summed E-state index contributed by atoms with van der Waals surface area (Å²) < 4.78 is 0. The van der Waals surface area contributed by atoms with Gasteiger partial charge in [0, 0.05) is 49.0 Å². The molecular weight excluding hydrogens is 376 g/mol. The summed E-state index contributed by atoms with van der Waals surface area (Å²) in [4.78, 5) is 32.4. The molecule has 3 N–H and O–H groups in total. The highest BCUT2D eigenvalue weighted by Crippen LogP contribution is 2.25. The normalized spacial score (nSPS) is 16.8. The molecule has 0 radical (unpaired) electrons. The fourth-order valence-electron chi connectivity index (χ4n) is 4.27. The van der Waals surface area contributed by atoms with Crippen molar-refractivity contribution in [2.24, 2.45) is 0 Å². The quantitative estimate of drug-likeness (QED) is 0.480. The van der Waals surface area contributed by atoms with E-state index in [0.29, 0.717) is 12.0 Å². The molecule has 30 heavy (non-hydrogen) atoms. The zero-order valence-electron chi connectivity index (χ0n) is 16.9. The zero-order valence-corrected chi connectivity index (χ0v) is 16.9. The molecular formula is C24H24N4O2. The molecule has 152 valence electrons. The second kappa shape index (κ2) is 7.46. The molecule has 0 spiro atoms. The molecule has 0 saturated carbocycles. The molecule has 2 aromatic carbocycles. The van der Waals surface area contributed by atoms with Crippen LogP contribution in [-0.4, -0.2) is 40.4 Å². The summed E-state index contributed by atoms with van der Waals surface area (Å²) in [6, 6.07) is 18.3. The number of nitrogens with zero attached hydrogens (tertiary/aromatic N) is 1. The summed E-state index contributed by atoms with van der Waals surface area (Å²) in [7, 11) is 1.88. The van der Waals surface area contributed by atoms with Crippen molar-refractivity contribution in [1.82, 2.24) is 20.2 Å². The summed E-state index contributed by atoms with van der Waals surface area (Å²) in [5, 5.41) is 5.55. The number of carbonyl (C=O) groups is 1. The van der Waals surface area contributed by atoms with E-state index in [4.69, 9.17) is 0 Å². The zero-order chi connectivity index (χ0) is 20.7. The first-order chi connectivity index (χ1) is 14.6. The Kier molecular flexibility index (Phi) is 4.64. The average molecular weight is 400 g/mol. The summed E-state index contributed by atoms with van der Waals surface area (Å²) >= 11 is 0. The molecule has 1 aliphatic heterocycles. The Labute approximate surface area is 173 Å². The Hall–Kier alpha value is -3.38. The predicted octanol–water partition coefficient (Wildman–Crippen LogP) is 3.39. The highest BCUT2D eigenvalue weighted by atomic mass is 16.2. The van der Waals surface area contributed by atoms with Crippen molar-refractivity contribution in [3.05, 3.63) is 70.5 Å². The van der Waals surface area contributed by atoms with Crippen LogP contribution >= 0.6 is 0 Å². The van der Waals surface area contributed by atoms with Crippen LogP contribution in [0.25, 0.3) is 33.1 Å². The van der Waals surface area contributed by atoms with E-state index < -0.39 is 0 Å². The number of para-hydroxylation sites is 1. The molecule has 3 heterocycles. The third kappa shape index (κ3) is 3.39. The Morgan fingerprint density at radius 1 is 1.00 bits per heavy atom. The van der Waals surface area contributed by atoms with E-state index in [1.165, 1.54) is 5.56 Å². The second-order valence-corrected chi connectivity index (χ2v) is 8.03. The monoisotopic (exact) mass is 400 g/mol. The molecule has 1 fully saturated rings. The maximum absolute atomic E-state index is 12.6. The number of aromatic nitrogens is 2. The fraction of sp³-hybridized carbons (Fsp3) is 0.250. The number of H-pyrrole nitrogens is 2. The number of hydrogen-bond acceptors (Lipinski definition) is 3. The molecule has 1 amide bonds. The Morgan fingerprint density at radius 3 is 2.67 bits per heavy atom. The number of nitrogens with one attached hydrogen (secondary N) is 3. The van der Waals surface area contributed by atoms with Crippen LogP contribution in [0, 0.1) is 0 Å². The van der Waals surface area contributed by atoms with Crippen molar-refractivity contribution < 1.29 is 4.79 Å². The first-order valence-electron chi connectivity index (χ1n) is 10.3. The van der Waals surface area contributed by atoms with E-state index in [2.05, 4.69) is 33.5 Å². The molecule has 1 saturated heterocycles. The van der Waals surface area contributed by atoms with Crippen LogP contribution in [0.3, 0.4) is 0 Å². The molecule has 0 aliphatic carbocycles. The highest BCUT2D eigenvalue weighted by molar-refractivity contribution is 5.89. The molecule has 2 aromatic heterocycles. The number of rotatable bonds is 5. The van der Waals surface area contributed by atoms with Crippen molar-refractivity contribution >= 4 is 27.7 Å². The Morgan fingerprint density at radius 2 is 1.83 bits per heavy atom. The van der Waals surface area contributed by atoms with Crippen LogP contribution in [0.2, 0.25) is 0 Å². The minimum absolute atomic E-state index is 0.0997. The number of fused-ring (bicyclic) bond motifs is 2. The largest absolute Gasteiger partial charge is 0.354 e. The summed E-state index contributed by atoms with van der Waals surface area (Å²) in [6.07, 6.45) is 1.57. The van der Waals surface area contributed by atoms with Gasteiger partial charge in [-0.05, 0) is 47.7 Å². The van der Waals surface area contributed by atoms with E-state index in [1.54, 1.807) is 0 Å². The highest BCUT2D eigenvalue weighted by Gasteiger charge is 2.26. The number of likely N-dealkylation sites (N-methyl/N-ethyl adjacent to an activating group) is 1. The summed E-state index contributed by atoms with van der Waals surface area (Å²) in [5.41, 5.74) is 4.37. The number of pyridine rings is 1. The van der Waals surface area contributed by atoms with E-state index in [1.807, 2.05) is 48.3 Å². The van der Waals surface area contributed by atoms with Gasteiger partial charge in [0.2, 0.25) is 5.91 Å². The third-order valence-electron chi connectivity index (χ3n) is 6.07. The number of amides is 1. The smallest absolute Gasteiger partial charge is 0.257 e. The average Bonchev–Trinajstić information content (AvgIpc) is 3.31. The van der Waals surface area contributed by atoms with Gasteiger partial charge < -0.3 is 20.2 Å². The topological polar surface area (TPSA) is 81.0 Å². The lowest BCUT2D eigenvalue weighted by Gasteiger charge is -2.20. The molecule has 0 bridgehead atoms. The van der Waals surface area contributed by atoms with Crippen molar-refractivity contribution in [3.63, 3.8) is 0 Å². The lowest BCUT2D eigenvalue weighted by molar-refractivity contribution is -0.127. The van der Waals surface area contributed by atoms with Gasteiger partial charge in [-0.15, -0.1) is 0 Å². The van der Waals surface area contributed by atoms with Gasteiger partial charge in [-0.3, -0.25) is 9.59 Å². The van der Waals surface area contributed by atoms with Crippen molar-refractivity contribution in [2.75, 3.05) is 13.6 Å². The fourth-order valence-corrected chi connectivity index (χ4v) is 4.27. The number of hydrogen-bond donors (Lipinski definition) is 3. The van der Waals surface area contributed by atoms with Crippen LogP contribution < -0.4 is 10.9 Å². The van der Waals surface area contributed by atoms with Gasteiger partial charge in [0.15, 0.2) is 0 Å². The van der Waals surface area contributed by atoms with Gasteiger partial charge in [-0.1, -0.05) is 24.3 Å². The van der Waals surface area contributed by atoms with E-state index in [9.17, 15) is 9.59 Å². The van der Waals surface area contributed by atoms with Gasteiger partial charge in [0.25, 0.3) is 5.56 Å². The summed E-state index contributed by atoms with van der Waals surface area (Å²) in [5.74, 6) is 0.228. The standard InChI is InChI=1S/C24H24N4O2/c1-28-18(7-9-23(28)29)14-25-13-15-6-8-21-17(10-15)12-22(26-21)19-11-16-4-2-3-5-20(16)27-24(19)30/h2-6,8,10-12,18,25-26H,7,9,13-14H2,1H3,(H,27,30). The van der Waals surface area contributed by atoms with Crippen molar-refractivity contribution in [1.29, 1.82) is 0 Å². The molecule has 1 aliphatic rings. The third-order valence-corrected chi connectivity index (χ3v) is 6.07. The van der Waals surface area contributed by atoms with Crippen molar-refractivity contribution in [2.45, 2.75) is 25.4 Å². The Balaban J connectivity index is 1.36. The molecule has 6 heteroatoms. The van der Waals surface area contributed by atoms with Gasteiger partial charge in [-0.25, -0.2) is 0 Å². The van der Waals surface area contributed by atoms with Crippen LogP contribution in [0.15, 0.2) is 59.4 Å². The summed E-state index contributed by atoms with van der Waals surface area (Å²) in [6.45, 7) is 1.54. The minimum Gasteiger partial charge on any atom is -0.354 e. The number of benzene rings is 2. The number of aromatic amines is 2. The SMILES string of the molecule is CN1C(=O)CCC1CNCc1ccc2[nH]c(-c3cc4ccccc4[nH]c3=O)cc2c1. The second-order valence-electron chi connectivity index (χ2n) is 8.03. The lowest BCUT2D eigenvalue weighted by atomic mass is 10.1. The van der Waals surface area contributed by atoms with Crippen LogP contribution in [0.5, 0.6) is 0 Å². The number of carbonyl (C=O) groups excluding carboxylic acids is 1. The van der Waals surface area contributed by atoms with E-state index >= 15 is 0 Å². The van der Waals surface area contributed by atoms with E-state index in [-0.39, 0.29) is 17.5 Å².